The fourth-order valence-electron chi connectivity index (χ4n) is 3.76. The van der Waals surface area contributed by atoms with Gasteiger partial charge in [-0.25, -0.2) is 9.97 Å². The molecule has 0 atom stereocenters. The van der Waals surface area contributed by atoms with E-state index in [0.29, 0.717) is 29.6 Å². The van der Waals surface area contributed by atoms with Crippen LogP contribution in [0.2, 0.25) is 0 Å². The molecule has 4 aromatic rings. The average Bonchev–Trinajstić information content (AvgIpc) is 3.48. The van der Waals surface area contributed by atoms with Crippen molar-refractivity contribution in [1.82, 2.24) is 14.4 Å². The minimum atomic E-state index is -0.176. The van der Waals surface area contributed by atoms with Crippen molar-refractivity contribution in [2.24, 2.45) is 0 Å². The molecule has 1 N–H and O–H groups in total. The van der Waals surface area contributed by atoms with Gasteiger partial charge in [-0.2, -0.15) is 0 Å². The summed E-state index contributed by atoms with van der Waals surface area (Å²) < 4.78 is 1.91. The fraction of sp³-hybridized carbons (Fsp3) is 0.217. The molecule has 1 aliphatic heterocycles. The Morgan fingerprint density at radius 3 is 2.77 bits per heavy atom. The Bertz CT molecular complexity index is 1280. The van der Waals surface area contributed by atoms with Crippen LogP contribution in [0.25, 0.3) is 16.9 Å². The van der Waals surface area contributed by atoms with E-state index in [-0.39, 0.29) is 18.2 Å². The van der Waals surface area contributed by atoms with E-state index in [1.54, 1.807) is 4.90 Å². The van der Waals surface area contributed by atoms with E-state index >= 15 is 0 Å². The maximum atomic E-state index is 12.9. The summed E-state index contributed by atoms with van der Waals surface area (Å²) in [6.45, 7) is 2.70. The van der Waals surface area contributed by atoms with Gasteiger partial charge in [0.2, 0.25) is 11.8 Å². The molecule has 0 bridgehead atoms. The number of benzene rings is 1. The Morgan fingerprint density at radius 2 is 2.00 bits per heavy atom. The highest BCUT2D eigenvalue weighted by molar-refractivity contribution is 7.14. The van der Waals surface area contributed by atoms with E-state index in [4.69, 9.17) is 4.98 Å². The molecule has 1 saturated heterocycles. The number of pyridine rings is 1. The van der Waals surface area contributed by atoms with Gasteiger partial charge in [0.05, 0.1) is 12.1 Å². The van der Waals surface area contributed by atoms with E-state index in [2.05, 4.69) is 10.3 Å². The number of nitrogens with one attached hydrogen (secondary N) is 1. The van der Waals surface area contributed by atoms with Crippen LogP contribution < -0.4 is 10.2 Å². The normalized spacial score (nSPS) is 13.8. The number of nitrogens with zero attached hydrogens (tertiary/aromatic N) is 4. The van der Waals surface area contributed by atoms with Gasteiger partial charge in [0.25, 0.3) is 0 Å². The van der Waals surface area contributed by atoms with Crippen LogP contribution in [0.5, 0.6) is 0 Å². The van der Waals surface area contributed by atoms with Crippen LogP contribution >= 0.6 is 11.3 Å². The minimum absolute atomic E-state index is 0.0963. The first-order chi connectivity index (χ1) is 15.1. The minimum Gasteiger partial charge on any atom is -0.310 e. The Hall–Kier alpha value is -3.52. The van der Waals surface area contributed by atoms with Gasteiger partial charge >= 0.3 is 0 Å². The SMILES string of the molecule is Cc1ccc2nc(-c3ccccc3)c(NC(=O)Cc3csc(N4CCCC4=O)n3)n2c1. The van der Waals surface area contributed by atoms with Crippen LogP contribution in [0.3, 0.4) is 0 Å². The van der Waals surface area contributed by atoms with Crippen LogP contribution in [0.4, 0.5) is 10.9 Å². The van der Waals surface area contributed by atoms with Gasteiger partial charge in [-0.05, 0) is 25.0 Å². The zero-order valence-electron chi connectivity index (χ0n) is 17.0. The smallest absolute Gasteiger partial charge is 0.231 e. The summed E-state index contributed by atoms with van der Waals surface area (Å²) in [5.74, 6) is 0.559. The molecule has 31 heavy (non-hydrogen) atoms. The first-order valence-corrected chi connectivity index (χ1v) is 11.1. The molecule has 8 heteroatoms. The number of hydrogen-bond donors (Lipinski definition) is 1. The van der Waals surface area contributed by atoms with E-state index in [9.17, 15) is 9.59 Å². The second kappa shape index (κ2) is 7.96. The maximum absolute atomic E-state index is 12.9. The molecule has 1 fully saturated rings. The molecule has 3 aromatic heterocycles. The second-order valence-electron chi connectivity index (χ2n) is 7.60. The summed E-state index contributed by atoms with van der Waals surface area (Å²) in [4.78, 5) is 35.8. The highest BCUT2D eigenvalue weighted by Gasteiger charge is 2.24. The van der Waals surface area contributed by atoms with Crippen LogP contribution in [0, 0.1) is 6.92 Å². The predicted molar refractivity (Wildman–Crippen MR) is 121 cm³/mol. The first-order valence-electron chi connectivity index (χ1n) is 10.2. The topological polar surface area (TPSA) is 79.6 Å². The molecule has 0 saturated carbocycles. The van der Waals surface area contributed by atoms with Crippen molar-refractivity contribution in [2.75, 3.05) is 16.8 Å². The molecule has 1 aliphatic rings. The molecule has 5 rings (SSSR count). The molecule has 0 unspecified atom stereocenters. The molecular formula is C23H21N5O2S. The fourth-order valence-corrected chi connectivity index (χ4v) is 4.63. The first kappa shape index (κ1) is 19.4. The number of aryl methyl sites for hydroxylation is 1. The summed E-state index contributed by atoms with van der Waals surface area (Å²) >= 11 is 1.40. The van der Waals surface area contributed by atoms with Gasteiger partial charge in [0, 0.05) is 30.1 Å². The number of imidazole rings is 1. The number of thiazole rings is 1. The standard InChI is InChI=1S/C23H21N5O2S/c1-15-9-10-18-25-21(16-6-3-2-4-7-16)22(28(18)13-15)26-19(29)12-17-14-31-23(24-17)27-11-5-8-20(27)30/h2-4,6-7,9-10,13-14H,5,8,11-12H2,1H3,(H,26,29). The van der Waals surface area contributed by atoms with Crippen molar-refractivity contribution >= 4 is 39.7 Å². The third-order valence-electron chi connectivity index (χ3n) is 5.26. The van der Waals surface area contributed by atoms with Gasteiger partial charge in [0.1, 0.15) is 17.2 Å². The molecule has 1 aromatic carbocycles. The molecule has 7 nitrogen and oxygen atoms in total. The zero-order chi connectivity index (χ0) is 21.4. The van der Waals surface area contributed by atoms with Crippen LogP contribution in [-0.2, 0) is 16.0 Å². The monoisotopic (exact) mass is 431 g/mol. The van der Waals surface area contributed by atoms with Crippen molar-refractivity contribution in [3.8, 4) is 11.3 Å². The quantitative estimate of drug-likeness (QED) is 0.517. The number of fused-ring (bicyclic) bond motifs is 1. The Kier molecular flexibility index (Phi) is 4.99. The molecule has 0 aliphatic carbocycles. The van der Waals surface area contributed by atoms with Crippen molar-refractivity contribution in [1.29, 1.82) is 0 Å². The number of hydrogen-bond acceptors (Lipinski definition) is 5. The number of carbonyl (C=O) groups excluding carboxylic acids is 2. The van der Waals surface area contributed by atoms with E-state index < -0.39 is 0 Å². The summed E-state index contributed by atoms with van der Waals surface area (Å²) in [5, 5.41) is 5.55. The van der Waals surface area contributed by atoms with Gasteiger partial charge in [-0.15, -0.1) is 11.3 Å². The molecular weight excluding hydrogens is 410 g/mol. The summed E-state index contributed by atoms with van der Waals surface area (Å²) in [7, 11) is 0. The Morgan fingerprint density at radius 1 is 1.16 bits per heavy atom. The molecule has 156 valence electrons. The highest BCUT2D eigenvalue weighted by Crippen LogP contribution is 2.30. The lowest BCUT2D eigenvalue weighted by Gasteiger charge is -2.10. The molecule has 0 spiro atoms. The number of amides is 2. The largest absolute Gasteiger partial charge is 0.310 e. The summed E-state index contributed by atoms with van der Waals surface area (Å²) in [5.41, 5.74) is 4.15. The van der Waals surface area contributed by atoms with Crippen molar-refractivity contribution in [2.45, 2.75) is 26.2 Å². The van der Waals surface area contributed by atoms with Crippen molar-refractivity contribution in [3.63, 3.8) is 0 Å². The lowest BCUT2D eigenvalue weighted by molar-refractivity contribution is -0.117. The number of anilines is 2. The Labute approximate surface area is 183 Å². The van der Waals surface area contributed by atoms with Crippen LogP contribution in [0.1, 0.15) is 24.1 Å². The van der Waals surface area contributed by atoms with Crippen molar-refractivity contribution in [3.05, 3.63) is 65.3 Å². The average molecular weight is 432 g/mol. The second-order valence-corrected chi connectivity index (χ2v) is 8.44. The third kappa shape index (κ3) is 3.82. The van der Waals surface area contributed by atoms with Gasteiger partial charge in [0.15, 0.2) is 5.13 Å². The predicted octanol–water partition coefficient (Wildman–Crippen LogP) is 4.07. The van der Waals surface area contributed by atoms with Crippen molar-refractivity contribution < 1.29 is 9.59 Å². The number of aromatic nitrogens is 3. The van der Waals surface area contributed by atoms with Gasteiger partial charge in [-0.3, -0.25) is 18.9 Å². The lowest BCUT2D eigenvalue weighted by Crippen LogP contribution is -2.23. The summed E-state index contributed by atoms with van der Waals surface area (Å²) in [6, 6.07) is 13.7. The summed E-state index contributed by atoms with van der Waals surface area (Å²) in [6.07, 6.45) is 3.51. The maximum Gasteiger partial charge on any atom is 0.231 e. The lowest BCUT2D eigenvalue weighted by atomic mass is 10.1. The highest BCUT2D eigenvalue weighted by atomic mass is 32.1. The molecule has 0 radical (unpaired) electrons. The third-order valence-corrected chi connectivity index (χ3v) is 6.17. The van der Waals surface area contributed by atoms with E-state index in [0.717, 1.165) is 28.9 Å². The van der Waals surface area contributed by atoms with Gasteiger partial charge in [-0.1, -0.05) is 36.4 Å². The van der Waals surface area contributed by atoms with Crippen LogP contribution in [-0.4, -0.2) is 32.7 Å². The molecule has 2 amide bonds. The van der Waals surface area contributed by atoms with E-state index in [1.807, 2.05) is 65.4 Å². The van der Waals surface area contributed by atoms with Gasteiger partial charge < -0.3 is 5.32 Å². The number of carbonyl (C=O) groups is 2. The Balaban J connectivity index is 1.42. The number of rotatable bonds is 5. The molecule has 4 heterocycles. The van der Waals surface area contributed by atoms with E-state index in [1.165, 1.54) is 11.3 Å². The van der Waals surface area contributed by atoms with Crippen LogP contribution in [0.15, 0.2) is 54.0 Å². The zero-order valence-corrected chi connectivity index (χ0v) is 17.9.